The van der Waals surface area contributed by atoms with Crippen molar-refractivity contribution in [2.24, 2.45) is 0 Å². The van der Waals surface area contributed by atoms with E-state index in [1.54, 1.807) is 13.2 Å². The van der Waals surface area contributed by atoms with Crippen LogP contribution in [0.15, 0.2) is 36.7 Å². The minimum Gasteiger partial charge on any atom is -0.497 e. The molecule has 0 aliphatic rings. The third-order valence-electron chi connectivity index (χ3n) is 2.48. The summed E-state index contributed by atoms with van der Waals surface area (Å²) < 4.78 is 5.11. The maximum atomic E-state index is 5.62. The van der Waals surface area contributed by atoms with E-state index in [-0.39, 0.29) is 0 Å². The van der Waals surface area contributed by atoms with Crippen molar-refractivity contribution in [3.8, 4) is 5.75 Å². The van der Waals surface area contributed by atoms with Crippen LogP contribution in [0, 0.1) is 0 Å². The Hall–Kier alpha value is -2.30. The predicted octanol–water partition coefficient (Wildman–Crippen LogP) is 1.84. The molecule has 0 fully saturated rings. The van der Waals surface area contributed by atoms with Crippen LogP contribution in [0.2, 0.25) is 0 Å². The molecular weight excluding hydrogens is 216 g/mol. The van der Waals surface area contributed by atoms with E-state index < -0.39 is 0 Å². The molecule has 1 aromatic heterocycles. The summed E-state index contributed by atoms with van der Waals surface area (Å²) in [6, 6.07) is 9.44. The SMILES string of the molecule is COc1ccc(N(C)c2cc(N)ncn2)cc1. The van der Waals surface area contributed by atoms with Gasteiger partial charge in [0.2, 0.25) is 0 Å². The molecule has 1 heterocycles. The van der Waals surface area contributed by atoms with Crippen molar-refractivity contribution in [3.05, 3.63) is 36.7 Å². The van der Waals surface area contributed by atoms with Crippen LogP contribution in [-0.4, -0.2) is 24.1 Å². The number of rotatable bonds is 3. The Morgan fingerprint density at radius 2 is 1.88 bits per heavy atom. The average molecular weight is 230 g/mol. The Morgan fingerprint density at radius 3 is 2.47 bits per heavy atom. The molecule has 0 spiro atoms. The van der Waals surface area contributed by atoms with Crippen LogP contribution >= 0.6 is 0 Å². The number of aromatic nitrogens is 2. The molecule has 2 aromatic rings. The van der Waals surface area contributed by atoms with E-state index in [1.807, 2.05) is 36.2 Å². The lowest BCUT2D eigenvalue weighted by Crippen LogP contribution is -2.11. The summed E-state index contributed by atoms with van der Waals surface area (Å²) in [5, 5.41) is 0. The number of methoxy groups -OCH3 is 1. The molecule has 0 aliphatic carbocycles. The molecular formula is C12H14N4O. The smallest absolute Gasteiger partial charge is 0.138 e. The van der Waals surface area contributed by atoms with Crippen LogP contribution < -0.4 is 15.4 Å². The highest BCUT2D eigenvalue weighted by Gasteiger charge is 2.05. The molecule has 0 bridgehead atoms. The highest BCUT2D eigenvalue weighted by molar-refractivity contribution is 5.61. The summed E-state index contributed by atoms with van der Waals surface area (Å²) in [6.45, 7) is 0. The molecule has 0 aliphatic heterocycles. The summed E-state index contributed by atoms with van der Waals surface area (Å²) in [6.07, 6.45) is 1.45. The topological polar surface area (TPSA) is 64.3 Å². The fraction of sp³-hybridized carbons (Fsp3) is 0.167. The maximum absolute atomic E-state index is 5.62. The van der Waals surface area contributed by atoms with Gasteiger partial charge in [0.15, 0.2) is 0 Å². The molecule has 0 atom stereocenters. The van der Waals surface area contributed by atoms with Crippen LogP contribution in [-0.2, 0) is 0 Å². The van der Waals surface area contributed by atoms with E-state index in [9.17, 15) is 0 Å². The second-order valence-corrected chi connectivity index (χ2v) is 3.56. The molecule has 88 valence electrons. The van der Waals surface area contributed by atoms with E-state index in [1.165, 1.54) is 6.33 Å². The van der Waals surface area contributed by atoms with Gasteiger partial charge in [-0.15, -0.1) is 0 Å². The van der Waals surface area contributed by atoms with E-state index >= 15 is 0 Å². The largest absolute Gasteiger partial charge is 0.497 e. The van der Waals surface area contributed by atoms with Gasteiger partial charge in [-0.1, -0.05) is 0 Å². The minimum atomic E-state index is 0.454. The monoisotopic (exact) mass is 230 g/mol. The minimum absolute atomic E-state index is 0.454. The summed E-state index contributed by atoms with van der Waals surface area (Å²) in [4.78, 5) is 9.95. The molecule has 1 aromatic carbocycles. The Labute approximate surface area is 99.9 Å². The molecule has 5 heteroatoms. The van der Waals surface area contributed by atoms with E-state index in [0.29, 0.717) is 5.82 Å². The zero-order chi connectivity index (χ0) is 12.3. The lowest BCUT2D eigenvalue weighted by molar-refractivity contribution is 0.415. The van der Waals surface area contributed by atoms with Crippen molar-refractivity contribution in [3.63, 3.8) is 0 Å². The molecule has 0 radical (unpaired) electrons. The maximum Gasteiger partial charge on any atom is 0.138 e. The summed E-state index contributed by atoms with van der Waals surface area (Å²) in [7, 11) is 3.56. The highest BCUT2D eigenvalue weighted by atomic mass is 16.5. The average Bonchev–Trinajstić information content (AvgIpc) is 2.38. The Morgan fingerprint density at radius 1 is 1.18 bits per heavy atom. The predicted molar refractivity (Wildman–Crippen MR) is 67.5 cm³/mol. The van der Waals surface area contributed by atoms with Gasteiger partial charge in [0, 0.05) is 18.8 Å². The van der Waals surface area contributed by atoms with E-state index in [2.05, 4.69) is 9.97 Å². The Balaban J connectivity index is 2.27. The normalized spacial score (nSPS) is 10.0. The zero-order valence-electron chi connectivity index (χ0n) is 9.79. The van der Waals surface area contributed by atoms with Gasteiger partial charge >= 0.3 is 0 Å². The Kier molecular flexibility index (Phi) is 3.09. The lowest BCUT2D eigenvalue weighted by Gasteiger charge is -2.18. The van der Waals surface area contributed by atoms with Gasteiger partial charge in [0.1, 0.15) is 23.7 Å². The first-order valence-corrected chi connectivity index (χ1v) is 5.16. The van der Waals surface area contributed by atoms with Gasteiger partial charge in [0.25, 0.3) is 0 Å². The number of hydrogen-bond acceptors (Lipinski definition) is 5. The van der Waals surface area contributed by atoms with Gasteiger partial charge in [0.05, 0.1) is 7.11 Å². The number of nitrogen functional groups attached to an aromatic ring is 1. The van der Waals surface area contributed by atoms with Crippen LogP contribution in [0.5, 0.6) is 5.75 Å². The van der Waals surface area contributed by atoms with Crippen LogP contribution in [0.25, 0.3) is 0 Å². The summed E-state index contributed by atoms with van der Waals surface area (Å²) in [5.74, 6) is 2.03. The number of nitrogens with zero attached hydrogens (tertiary/aromatic N) is 3. The van der Waals surface area contributed by atoms with Crippen molar-refractivity contribution in [1.29, 1.82) is 0 Å². The second-order valence-electron chi connectivity index (χ2n) is 3.56. The van der Waals surface area contributed by atoms with Crippen LogP contribution in [0.3, 0.4) is 0 Å². The molecule has 2 rings (SSSR count). The number of nitrogens with two attached hydrogens (primary N) is 1. The molecule has 0 amide bonds. The van der Waals surface area contributed by atoms with Crippen molar-refractivity contribution < 1.29 is 4.74 Å². The number of anilines is 3. The van der Waals surface area contributed by atoms with Gasteiger partial charge in [-0.25, -0.2) is 9.97 Å². The third kappa shape index (κ3) is 2.44. The first kappa shape index (κ1) is 11.2. The standard InChI is InChI=1S/C12H14N4O/c1-16(12-7-11(13)14-8-15-12)9-3-5-10(17-2)6-4-9/h3-8H,1-2H3,(H2,13,14,15). The molecule has 0 unspecified atom stereocenters. The Bertz CT molecular complexity index is 498. The van der Waals surface area contributed by atoms with Crippen molar-refractivity contribution >= 4 is 17.3 Å². The lowest BCUT2D eigenvalue weighted by atomic mass is 10.3. The fourth-order valence-electron chi connectivity index (χ4n) is 1.48. The van der Waals surface area contributed by atoms with E-state index in [4.69, 9.17) is 10.5 Å². The third-order valence-corrected chi connectivity index (χ3v) is 2.48. The van der Waals surface area contributed by atoms with Gasteiger partial charge in [-0.2, -0.15) is 0 Å². The quantitative estimate of drug-likeness (QED) is 0.871. The van der Waals surface area contributed by atoms with Gasteiger partial charge in [-0.3, -0.25) is 0 Å². The molecule has 0 saturated carbocycles. The summed E-state index contributed by atoms with van der Waals surface area (Å²) >= 11 is 0. The second kappa shape index (κ2) is 4.69. The molecule has 5 nitrogen and oxygen atoms in total. The first-order valence-electron chi connectivity index (χ1n) is 5.16. The van der Waals surface area contributed by atoms with Crippen LogP contribution in [0.4, 0.5) is 17.3 Å². The van der Waals surface area contributed by atoms with Gasteiger partial charge in [-0.05, 0) is 24.3 Å². The highest BCUT2D eigenvalue weighted by Crippen LogP contribution is 2.24. The zero-order valence-corrected chi connectivity index (χ0v) is 9.79. The number of ether oxygens (including phenoxy) is 1. The number of hydrogen-bond donors (Lipinski definition) is 1. The molecule has 17 heavy (non-hydrogen) atoms. The molecule has 2 N–H and O–H groups in total. The fourth-order valence-corrected chi connectivity index (χ4v) is 1.48. The van der Waals surface area contributed by atoms with Crippen molar-refractivity contribution in [2.75, 3.05) is 24.8 Å². The van der Waals surface area contributed by atoms with E-state index in [0.717, 1.165) is 17.3 Å². The van der Waals surface area contributed by atoms with Crippen molar-refractivity contribution in [2.45, 2.75) is 0 Å². The summed E-state index contributed by atoms with van der Waals surface area (Å²) in [5.41, 5.74) is 6.63. The molecule has 0 saturated heterocycles. The van der Waals surface area contributed by atoms with Gasteiger partial charge < -0.3 is 15.4 Å². The van der Waals surface area contributed by atoms with Crippen LogP contribution in [0.1, 0.15) is 0 Å². The number of benzene rings is 1. The van der Waals surface area contributed by atoms with Crippen molar-refractivity contribution in [1.82, 2.24) is 9.97 Å². The first-order chi connectivity index (χ1) is 8.20.